The fourth-order valence-corrected chi connectivity index (χ4v) is 5.79. The SMILES string of the molecule is C=CCOc1ccc(C=Nc2sc3c(c2C(=O)Nc2ccccc2)CC[C@H](C(C)(C)C)C3)cc1OC. The molecule has 1 heterocycles. The lowest BCUT2D eigenvalue weighted by Crippen LogP contribution is -2.27. The summed E-state index contributed by atoms with van der Waals surface area (Å²) in [6.45, 7) is 11.0. The Hall–Kier alpha value is -3.38. The zero-order valence-electron chi connectivity index (χ0n) is 21.5. The second kappa shape index (κ2) is 11.1. The Kier molecular flexibility index (Phi) is 7.94. The van der Waals surface area contributed by atoms with Gasteiger partial charge in [0.05, 0.1) is 12.7 Å². The number of hydrogen-bond donors (Lipinski definition) is 1. The standard InChI is InChI=1S/C30H34N2O3S/c1-6-16-35-24-15-12-20(17-25(24)34-5)19-31-29-27(28(33)32-22-10-8-7-9-11-22)23-14-13-21(30(2,3)4)18-26(23)36-29/h6-12,15,17,19,21H,1,13-14,16,18H2,2-5H3,(H,32,33)/t21-/m0/s1. The number of hydrogen-bond acceptors (Lipinski definition) is 5. The summed E-state index contributed by atoms with van der Waals surface area (Å²) in [6, 6.07) is 15.2. The minimum absolute atomic E-state index is 0.106. The Bertz CT molecular complexity index is 1260. The fraction of sp³-hybridized carbons (Fsp3) is 0.333. The summed E-state index contributed by atoms with van der Waals surface area (Å²) in [5.74, 6) is 1.75. The van der Waals surface area contributed by atoms with Gasteiger partial charge < -0.3 is 14.8 Å². The van der Waals surface area contributed by atoms with Gasteiger partial charge >= 0.3 is 0 Å². The van der Waals surface area contributed by atoms with E-state index in [1.807, 2.05) is 48.5 Å². The highest BCUT2D eigenvalue weighted by Crippen LogP contribution is 2.45. The summed E-state index contributed by atoms with van der Waals surface area (Å²) in [4.78, 5) is 19.6. The Morgan fingerprint density at radius 2 is 1.97 bits per heavy atom. The number of para-hydroxylation sites is 1. The molecule has 1 N–H and O–H groups in total. The molecule has 1 aliphatic carbocycles. The molecule has 0 spiro atoms. The maximum absolute atomic E-state index is 13.5. The van der Waals surface area contributed by atoms with Crippen molar-refractivity contribution in [2.75, 3.05) is 19.0 Å². The molecule has 6 heteroatoms. The quantitative estimate of drug-likeness (QED) is 0.257. The first-order chi connectivity index (χ1) is 17.3. The molecule has 1 amide bonds. The average molecular weight is 503 g/mol. The van der Waals surface area contributed by atoms with Crippen molar-refractivity contribution in [2.24, 2.45) is 16.3 Å². The van der Waals surface area contributed by atoms with Crippen LogP contribution < -0.4 is 14.8 Å². The van der Waals surface area contributed by atoms with Crippen LogP contribution in [0.25, 0.3) is 0 Å². The van der Waals surface area contributed by atoms with Crippen molar-refractivity contribution in [2.45, 2.75) is 40.0 Å². The zero-order valence-corrected chi connectivity index (χ0v) is 22.3. The Balaban J connectivity index is 1.67. The lowest BCUT2D eigenvalue weighted by atomic mass is 9.72. The Morgan fingerprint density at radius 3 is 2.67 bits per heavy atom. The van der Waals surface area contributed by atoms with E-state index in [-0.39, 0.29) is 11.3 Å². The molecule has 36 heavy (non-hydrogen) atoms. The number of aliphatic imine (C=N–C) groups is 1. The summed E-state index contributed by atoms with van der Waals surface area (Å²) in [5.41, 5.74) is 3.71. The van der Waals surface area contributed by atoms with Crippen LogP contribution in [0.3, 0.4) is 0 Å². The number of anilines is 1. The van der Waals surface area contributed by atoms with E-state index in [1.54, 1.807) is 30.7 Å². The summed E-state index contributed by atoms with van der Waals surface area (Å²) in [6.07, 6.45) is 6.43. The minimum Gasteiger partial charge on any atom is -0.493 e. The maximum atomic E-state index is 13.5. The molecule has 3 aromatic rings. The predicted octanol–water partition coefficient (Wildman–Crippen LogP) is 7.48. The number of benzene rings is 2. The van der Waals surface area contributed by atoms with Crippen molar-refractivity contribution < 1.29 is 14.3 Å². The van der Waals surface area contributed by atoms with E-state index in [1.165, 1.54) is 4.88 Å². The number of nitrogens with zero attached hydrogens (tertiary/aromatic N) is 1. The Morgan fingerprint density at radius 1 is 1.19 bits per heavy atom. The number of methoxy groups -OCH3 is 1. The third-order valence-electron chi connectivity index (χ3n) is 6.61. The molecular weight excluding hydrogens is 468 g/mol. The van der Waals surface area contributed by atoms with E-state index in [4.69, 9.17) is 14.5 Å². The number of fused-ring (bicyclic) bond motifs is 1. The van der Waals surface area contributed by atoms with Crippen LogP contribution in [0, 0.1) is 11.3 Å². The van der Waals surface area contributed by atoms with Crippen LogP contribution in [0.5, 0.6) is 11.5 Å². The minimum atomic E-state index is -0.106. The molecule has 0 saturated carbocycles. The second-order valence-corrected chi connectivity index (χ2v) is 11.2. The molecule has 0 aliphatic heterocycles. The van der Waals surface area contributed by atoms with Gasteiger partial charge in [-0.2, -0.15) is 0 Å². The van der Waals surface area contributed by atoms with E-state index in [0.717, 1.165) is 41.1 Å². The third-order valence-corrected chi connectivity index (χ3v) is 7.77. The molecule has 4 rings (SSSR count). The second-order valence-electron chi connectivity index (χ2n) is 10.1. The largest absolute Gasteiger partial charge is 0.493 e. The van der Waals surface area contributed by atoms with E-state index in [9.17, 15) is 4.79 Å². The highest BCUT2D eigenvalue weighted by atomic mass is 32.1. The Labute approximate surface area is 217 Å². The van der Waals surface area contributed by atoms with Crippen LogP contribution >= 0.6 is 11.3 Å². The van der Waals surface area contributed by atoms with Crippen LogP contribution in [0.1, 0.15) is 53.6 Å². The summed E-state index contributed by atoms with van der Waals surface area (Å²) >= 11 is 1.64. The van der Waals surface area contributed by atoms with Crippen molar-refractivity contribution in [1.29, 1.82) is 0 Å². The van der Waals surface area contributed by atoms with Crippen molar-refractivity contribution >= 4 is 34.1 Å². The number of thiophene rings is 1. The zero-order chi connectivity index (χ0) is 25.7. The van der Waals surface area contributed by atoms with Crippen molar-refractivity contribution in [1.82, 2.24) is 0 Å². The number of carbonyl (C=O) groups excluding carboxylic acids is 1. The predicted molar refractivity (Wildman–Crippen MR) is 150 cm³/mol. The van der Waals surface area contributed by atoms with E-state index >= 15 is 0 Å². The van der Waals surface area contributed by atoms with Crippen LogP contribution in [-0.2, 0) is 12.8 Å². The van der Waals surface area contributed by atoms with Crippen LogP contribution in [0.4, 0.5) is 10.7 Å². The normalized spacial score (nSPS) is 15.4. The van der Waals surface area contributed by atoms with Gasteiger partial charge in [-0.05, 0) is 72.1 Å². The number of ether oxygens (including phenoxy) is 2. The van der Waals surface area contributed by atoms with Gasteiger partial charge in [-0.25, -0.2) is 4.99 Å². The van der Waals surface area contributed by atoms with Gasteiger partial charge in [0.25, 0.3) is 5.91 Å². The van der Waals surface area contributed by atoms with Gasteiger partial charge in [-0.15, -0.1) is 11.3 Å². The topological polar surface area (TPSA) is 59.9 Å². The first-order valence-electron chi connectivity index (χ1n) is 12.3. The number of amides is 1. The molecule has 0 fully saturated rings. The molecule has 0 radical (unpaired) electrons. The van der Waals surface area contributed by atoms with Crippen molar-refractivity contribution in [3.63, 3.8) is 0 Å². The molecular formula is C30H34N2O3S. The molecule has 188 valence electrons. The molecule has 1 aliphatic rings. The monoisotopic (exact) mass is 502 g/mol. The molecule has 0 bridgehead atoms. The molecule has 0 unspecified atom stereocenters. The fourth-order valence-electron chi connectivity index (χ4n) is 4.52. The molecule has 5 nitrogen and oxygen atoms in total. The van der Waals surface area contributed by atoms with E-state index in [2.05, 4.69) is 32.7 Å². The average Bonchev–Trinajstić information content (AvgIpc) is 3.24. The highest BCUT2D eigenvalue weighted by Gasteiger charge is 2.33. The van der Waals surface area contributed by atoms with Gasteiger partial charge in [0.15, 0.2) is 11.5 Å². The van der Waals surface area contributed by atoms with Gasteiger partial charge in [0, 0.05) is 16.8 Å². The molecule has 0 saturated heterocycles. The van der Waals surface area contributed by atoms with Crippen molar-refractivity contribution in [3.05, 3.63) is 82.8 Å². The van der Waals surface area contributed by atoms with Crippen LogP contribution in [-0.4, -0.2) is 25.8 Å². The number of nitrogens with one attached hydrogen (secondary N) is 1. The van der Waals surface area contributed by atoms with Gasteiger partial charge in [0.1, 0.15) is 11.6 Å². The summed E-state index contributed by atoms with van der Waals surface area (Å²) < 4.78 is 11.1. The first kappa shape index (κ1) is 25.7. The van der Waals surface area contributed by atoms with Gasteiger partial charge in [-0.3, -0.25) is 4.79 Å². The molecule has 2 aromatic carbocycles. The summed E-state index contributed by atoms with van der Waals surface area (Å²) in [5, 5.41) is 3.81. The van der Waals surface area contributed by atoms with Crippen LogP contribution in [0.2, 0.25) is 0 Å². The molecule has 1 aromatic heterocycles. The third kappa shape index (κ3) is 5.88. The van der Waals surface area contributed by atoms with E-state index < -0.39 is 0 Å². The molecule has 1 atom stereocenters. The van der Waals surface area contributed by atoms with Gasteiger partial charge in [-0.1, -0.05) is 51.6 Å². The summed E-state index contributed by atoms with van der Waals surface area (Å²) in [7, 11) is 1.61. The lowest BCUT2D eigenvalue weighted by Gasteiger charge is -2.33. The smallest absolute Gasteiger partial charge is 0.259 e. The number of carbonyl (C=O) groups is 1. The number of rotatable bonds is 8. The highest BCUT2D eigenvalue weighted by molar-refractivity contribution is 7.16. The maximum Gasteiger partial charge on any atom is 0.259 e. The first-order valence-corrected chi connectivity index (χ1v) is 13.1. The van der Waals surface area contributed by atoms with Crippen molar-refractivity contribution in [3.8, 4) is 11.5 Å². The van der Waals surface area contributed by atoms with E-state index in [0.29, 0.717) is 29.6 Å². The lowest BCUT2D eigenvalue weighted by molar-refractivity contribution is 0.102. The van der Waals surface area contributed by atoms with Crippen LogP contribution in [0.15, 0.2) is 66.2 Å². The van der Waals surface area contributed by atoms with Gasteiger partial charge in [0.2, 0.25) is 0 Å².